The van der Waals surface area contributed by atoms with E-state index in [0.717, 1.165) is 29.9 Å². The van der Waals surface area contributed by atoms with Crippen LogP contribution in [0.3, 0.4) is 0 Å². The van der Waals surface area contributed by atoms with E-state index < -0.39 is 0 Å². The predicted octanol–water partition coefficient (Wildman–Crippen LogP) is 1.45. The van der Waals surface area contributed by atoms with Gasteiger partial charge in [0.1, 0.15) is 13.3 Å². The Morgan fingerprint density at radius 1 is 1.36 bits per heavy atom. The molecule has 1 heterocycles. The van der Waals surface area contributed by atoms with Crippen LogP contribution in [-0.4, -0.2) is 24.9 Å². The molecule has 71 valence electrons. The number of nitrogens with zero attached hydrogens (tertiary/aromatic N) is 1. The quantitative estimate of drug-likeness (QED) is 0.542. The first-order valence-electron chi connectivity index (χ1n) is 4.35. The maximum atomic E-state index is 5.24. The van der Waals surface area contributed by atoms with Crippen molar-refractivity contribution in [3.8, 4) is 0 Å². The topological polar surface area (TPSA) is 12.2 Å². The zero-order valence-corrected chi connectivity index (χ0v) is 11.3. The van der Waals surface area contributed by atoms with Crippen LogP contribution in [-0.2, 0) is 37.4 Å². The third kappa shape index (κ3) is 2.07. The largest absolute Gasteiger partial charge is 0.572 e. The van der Waals surface area contributed by atoms with E-state index in [0.29, 0.717) is 0 Å². The molecule has 0 fully saturated rings. The average molecular weight is 263 g/mol. The minimum Gasteiger partial charge on any atom is -0.572 e. The third-order valence-corrected chi connectivity index (χ3v) is 2.26. The van der Waals surface area contributed by atoms with E-state index in [1.54, 1.807) is 7.11 Å². The molecule has 0 saturated carbocycles. The predicted molar refractivity (Wildman–Crippen MR) is 50.1 cm³/mol. The third-order valence-electron chi connectivity index (χ3n) is 2.26. The van der Waals surface area contributed by atoms with Crippen LogP contribution in [0, 0.1) is 12.2 Å². The normalized spacial score (nSPS) is 19.3. The van der Waals surface area contributed by atoms with E-state index in [9.17, 15) is 0 Å². The zero-order valence-electron chi connectivity index (χ0n) is 8.50. The first-order valence-corrected chi connectivity index (χ1v) is 4.35. The Morgan fingerprint density at radius 2 is 2.14 bits per heavy atom. The van der Waals surface area contributed by atoms with Crippen LogP contribution >= 0.6 is 0 Å². The van der Waals surface area contributed by atoms with Crippen LogP contribution in [0.4, 0.5) is 0 Å². The molecule has 2 rings (SSSR count). The van der Waals surface area contributed by atoms with Crippen molar-refractivity contribution in [1.29, 1.82) is 0 Å². The van der Waals surface area contributed by atoms with Gasteiger partial charge in [-0.05, 0) is 6.42 Å². The minimum absolute atomic E-state index is 0. The van der Waals surface area contributed by atoms with Gasteiger partial charge in [-0.1, -0.05) is 17.9 Å². The fourth-order valence-corrected chi connectivity index (χ4v) is 1.58. The van der Waals surface area contributed by atoms with Gasteiger partial charge in [0.15, 0.2) is 0 Å². The van der Waals surface area contributed by atoms with Gasteiger partial charge in [-0.15, -0.1) is 6.08 Å². The number of likely N-dealkylation sites (N-methyl/N-ethyl adjacent to an activating group) is 1. The summed E-state index contributed by atoms with van der Waals surface area (Å²) in [5.41, 5.74) is 2.14. The molecule has 0 bridgehead atoms. The summed E-state index contributed by atoms with van der Waals surface area (Å²) in [6.45, 7) is 0. The molecule has 14 heavy (non-hydrogen) atoms. The van der Waals surface area contributed by atoms with Crippen molar-refractivity contribution in [3.63, 3.8) is 0 Å². The number of methoxy groups -OCH3 is 1. The number of rotatable bonds is 2. The van der Waals surface area contributed by atoms with Gasteiger partial charge in [0.2, 0.25) is 0 Å². The van der Waals surface area contributed by atoms with Crippen LogP contribution in [0.1, 0.15) is 12.8 Å². The summed E-state index contributed by atoms with van der Waals surface area (Å²) in [6, 6.07) is 0. The number of hydrogen-bond acceptors (Lipinski definition) is 1. The molecule has 2 aliphatic rings. The van der Waals surface area contributed by atoms with Crippen molar-refractivity contribution < 1.29 is 42.0 Å². The second-order valence-electron chi connectivity index (χ2n) is 3.05. The van der Waals surface area contributed by atoms with Crippen LogP contribution < -0.4 is 0 Å². The van der Waals surface area contributed by atoms with Gasteiger partial charge in [0.25, 0.3) is 0 Å². The first kappa shape index (κ1) is 11.9. The molecule has 0 N–H and O–H groups in total. The monoisotopic (exact) mass is 263 g/mol. The Labute approximate surface area is 110 Å². The number of ether oxygens (including phenoxy) is 1. The number of allylic oxidation sites excluding steroid dienone is 3. The van der Waals surface area contributed by atoms with Gasteiger partial charge < -0.3 is 4.74 Å². The molecule has 0 aromatic rings. The molecule has 1 radical (unpaired) electrons. The fourth-order valence-electron chi connectivity index (χ4n) is 1.58. The molecule has 0 atom stereocenters. The molecule has 0 spiro atoms. The SMILES string of the molecule is COC1=CC[C-]=C1C1=[C-]CC=[N+]1C.[Y]. The van der Waals surface area contributed by atoms with Crippen molar-refractivity contribution in [2.24, 2.45) is 0 Å². The van der Waals surface area contributed by atoms with Gasteiger partial charge in [-0.2, -0.15) is 0 Å². The Balaban J connectivity index is 0.000000980. The zero-order chi connectivity index (χ0) is 9.26. The van der Waals surface area contributed by atoms with Crippen molar-refractivity contribution in [2.45, 2.75) is 12.8 Å². The summed E-state index contributed by atoms with van der Waals surface area (Å²) < 4.78 is 7.31. The molecule has 0 saturated heterocycles. The van der Waals surface area contributed by atoms with Crippen molar-refractivity contribution in [2.75, 3.05) is 14.2 Å². The summed E-state index contributed by atoms with van der Waals surface area (Å²) in [4.78, 5) is 0. The van der Waals surface area contributed by atoms with Crippen molar-refractivity contribution >= 4 is 6.21 Å². The molecule has 0 amide bonds. The Kier molecular flexibility index (Phi) is 4.27. The second-order valence-corrected chi connectivity index (χ2v) is 3.05. The van der Waals surface area contributed by atoms with Crippen molar-refractivity contribution in [3.05, 3.63) is 35.3 Å². The maximum Gasteiger partial charge on any atom is 0.123 e. The van der Waals surface area contributed by atoms with Crippen LogP contribution in [0.5, 0.6) is 0 Å². The van der Waals surface area contributed by atoms with Gasteiger partial charge in [-0.25, -0.2) is 5.57 Å². The molecule has 1 aliphatic carbocycles. The number of hydrogen-bond donors (Lipinski definition) is 0. The van der Waals surface area contributed by atoms with Crippen LogP contribution in [0.2, 0.25) is 0 Å². The molecule has 3 heteroatoms. The van der Waals surface area contributed by atoms with E-state index in [-0.39, 0.29) is 32.7 Å². The van der Waals surface area contributed by atoms with Crippen molar-refractivity contribution in [1.82, 2.24) is 0 Å². The molecule has 0 unspecified atom stereocenters. The molecular weight excluding hydrogens is 251 g/mol. The molecule has 0 aromatic carbocycles. The van der Waals surface area contributed by atoms with E-state index in [1.165, 1.54) is 0 Å². The molecular formula is C11H12NOY-. The Bertz CT molecular complexity index is 350. The van der Waals surface area contributed by atoms with Gasteiger partial charge in [-0.3, -0.25) is 16.7 Å². The van der Waals surface area contributed by atoms with Crippen LogP contribution in [0.15, 0.2) is 23.1 Å². The molecule has 0 aromatic heterocycles. The fraction of sp³-hybridized carbons (Fsp3) is 0.364. The summed E-state index contributed by atoms with van der Waals surface area (Å²) in [6.07, 6.45) is 12.4. The summed E-state index contributed by atoms with van der Waals surface area (Å²) in [5.74, 6) is 0.921. The van der Waals surface area contributed by atoms with Gasteiger partial charge in [0, 0.05) is 32.7 Å². The first-order chi connectivity index (χ1) is 6.33. The van der Waals surface area contributed by atoms with Crippen LogP contribution in [0.25, 0.3) is 0 Å². The average Bonchev–Trinajstić information content (AvgIpc) is 2.71. The van der Waals surface area contributed by atoms with Gasteiger partial charge >= 0.3 is 0 Å². The Hall–Kier alpha value is -0.206. The summed E-state index contributed by atoms with van der Waals surface area (Å²) in [7, 11) is 3.72. The minimum atomic E-state index is 0. The molecule has 2 nitrogen and oxygen atoms in total. The smallest absolute Gasteiger partial charge is 0.123 e. The summed E-state index contributed by atoms with van der Waals surface area (Å²) >= 11 is 0. The van der Waals surface area contributed by atoms with E-state index in [4.69, 9.17) is 4.74 Å². The van der Waals surface area contributed by atoms with E-state index in [1.807, 2.05) is 13.1 Å². The maximum absolute atomic E-state index is 5.24. The standard InChI is InChI=1S/C11H12NO.Y/c1-12-8-4-6-10(12)9-5-3-7-11(9)13-2;/h7-8H,3-4H2,1-2H3;/q-1;. The van der Waals surface area contributed by atoms with E-state index in [2.05, 4.69) is 22.9 Å². The van der Waals surface area contributed by atoms with E-state index >= 15 is 0 Å². The molecule has 1 aliphatic heterocycles. The van der Waals surface area contributed by atoms with Gasteiger partial charge in [0.05, 0.1) is 7.11 Å². The Morgan fingerprint density at radius 3 is 2.71 bits per heavy atom. The second kappa shape index (κ2) is 5.04. The summed E-state index contributed by atoms with van der Waals surface area (Å²) in [5, 5.41) is 0.